The molecule has 0 aliphatic rings. The summed E-state index contributed by atoms with van der Waals surface area (Å²) in [5, 5.41) is 5.13. The summed E-state index contributed by atoms with van der Waals surface area (Å²) in [5.74, 6) is 0.137. The van der Waals surface area contributed by atoms with Crippen LogP contribution in [0.5, 0.6) is 5.75 Å². The lowest BCUT2D eigenvalue weighted by Crippen LogP contribution is -2.44. The van der Waals surface area contributed by atoms with E-state index in [1.807, 2.05) is 38.1 Å². The van der Waals surface area contributed by atoms with Crippen molar-refractivity contribution in [2.75, 3.05) is 19.7 Å². The molecule has 1 rings (SSSR count). The molecule has 4 N–H and O–H groups in total. The summed E-state index contributed by atoms with van der Waals surface area (Å²) in [6.45, 7) is 3.97. The van der Waals surface area contributed by atoms with Gasteiger partial charge in [0.15, 0.2) is 0 Å². The number of nitrogens with two attached hydrogens (primary N) is 1. The minimum absolute atomic E-state index is 0. The molecule has 1 aromatic rings. The Balaban J connectivity index is 0.00000400. The average Bonchev–Trinajstić information content (AvgIpc) is 2.42. The van der Waals surface area contributed by atoms with Gasteiger partial charge in [0.25, 0.3) is 0 Å². The van der Waals surface area contributed by atoms with E-state index in [1.54, 1.807) is 0 Å². The number of carbonyl (C=O) groups is 2. The van der Waals surface area contributed by atoms with Gasteiger partial charge in [0.05, 0.1) is 19.1 Å². The largest absolute Gasteiger partial charge is 0.491 e. The van der Waals surface area contributed by atoms with E-state index < -0.39 is 0 Å². The highest BCUT2D eigenvalue weighted by Crippen LogP contribution is 2.12. The normalized spacial score (nSPS) is 11.0. The van der Waals surface area contributed by atoms with Crippen LogP contribution in [0.1, 0.15) is 12.5 Å². The molecule has 0 bridgehead atoms. The van der Waals surface area contributed by atoms with E-state index in [4.69, 9.17) is 10.5 Å². The van der Waals surface area contributed by atoms with Crippen LogP contribution in [0.2, 0.25) is 0 Å². The van der Waals surface area contributed by atoms with Gasteiger partial charge in [0.1, 0.15) is 12.4 Å². The Bertz CT molecular complexity index is 469. The van der Waals surface area contributed by atoms with Crippen molar-refractivity contribution >= 4 is 24.2 Å². The van der Waals surface area contributed by atoms with Crippen molar-refractivity contribution < 1.29 is 14.3 Å². The predicted molar refractivity (Wildman–Crippen MR) is 83.6 cm³/mol. The van der Waals surface area contributed by atoms with Crippen LogP contribution in [0, 0.1) is 6.92 Å². The van der Waals surface area contributed by atoms with E-state index in [0.29, 0.717) is 6.61 Å². The van der Waals surface area contributed by atoms with Crippen molar-refractivity contribution in [2.24, 2.45) is 5.73 Å². The molecule has 0 radical (unpaired) electrons. The number of rotatable bonds is 7. The Morgan fingerprint density at radius 2 is 2.05 bits per heavy atom. The highest BCUT2D eigenvalue weighted by Gasteiger charge is 2.09. The van der Waals surface area contributed by atoms with Gasteiger partial charge in [-0.25, -0.2) is 0 Å². The van der Waals surface area contributed by atoms with E-state index in [0.717, 1.165) is 11.3 Å². The predicted octanol–water partition coefficient (Wildman–Crippen LogP) is 0.375. The molecule has 0 saturated carbocycles. The second-order valence-corrected chi connectivity index (χ2v) is 4.58. The first-order valence-corrected chi connectivity index (χ1v) is 6.47. The molecule has 1 unspecified atom stereocenters. The third kappa shape index (κ3) is 8.16. The number of hydrogen-bond donors (Lipinski definition) is 3. The van der Waals surface area contributed by atoms with Crippen LogP contribution in [-0.2, 0) is 9.59 Å². The molecule has 0 aliphatic heterocycles. The van der Waals surface area contributed by atoms with Crippen molar-refractivity contribution in [2.45, 2.75) is 19.9 Å². The minimum atomic E-state index is -0.358. The zero-order valence-corrected chi connectivity index (χ0v) is 13.0. The molecule has 7 heteroatoms. The van der Waals surface area contributed by atoms with Crippen molar-refractivity contribution in [3.63, 3.8) is 0 Å². The molecule has 0 aromatic heterocycles. The molecule has 0 aliphatic carbocycles. The molecule has 21 heavy (non-hydrogen) atoms. The summed E-state index contributed by atoms with van der Waals surface area (Å²) >= 11 is 0. The average molecular weight is 316 g/mol. The van der Waals surface area contributed by atoms with E-state index in [-0.39, 0.29) is 43.4 Å². The maximum atomic E-state index is 11.5. The fraction of sp³-hybridized carbons (Fsp3) is 0.429. The monoisotopic (exact) mass is 315 g/mol. The quantitative estimate of drug-likeness (QED) is 0.678. The number of aryl methyl sites for hydroxylation is 1. The minimum Gasteiger partial charge on any atom is -0.491 e. The lowest BCUT2D eigenvalue weighted by Gasteiger charge is -2.15. The summed E-state index contributed by atoms with van der Waals surface area (Å²) in [7, 11) is 0. The van der Waals surface area contributed by atoms with Crippen LogP contribution >= 0.6 is 12.4 Å². The fourth-order valence-electron chi connectivity index (χ4n) is 1.54. The first-order valence-electron chi connectivity index (χ1n) is 6.47. The molecule has 0 spiro atoms. The molecule has 1 atom stereocenters. The third-order valence-electron chi connectivity index (χ3n) is 2.53. The maximum Gasteiger partial charge on any atom is 0.239 e. The number of ether oxygens (including phenoxy) is 1. The topological polar surface area (TPSA) is 93.5 Å². The number of hydrogen-bond acceptors (Lipinski definition) is 4. The van der Waals surface area contributed by atoms with Crippen molar-refractivity contribution in [1.82, 2.24) is 10.6 Å². The Hall–Kier alpha value is -1.79. The van der Waals surface area contributed by atoms with Crippen LogP contribution < -0.4 is 21.1 Å². The van der Waals surface area contributed by atoms with Gasteiger partial charge in [0, 0.05) is 0 Å². The molecule has 0 heterocycles. The first kappa shape index (κ1) is 19.2. The summed E-state index contributed by atoms with van der Waals surface area (Å²) < 4.78 is 5.57. The van der Waals surface area contributed by atoms with Crippen molar-refractivity contribution in [1.29, 1.82) is 0 Å². The zero-order valence-electron chi connectivity index (χ0n) is 12.2. The SMILES string of the molecule is Cc1cccc(OCC(C)NC(=O)CNC(=O)CN)c1.Cl. The van der Waals surface area contributed by atoms with E-state index in [2.05, 4.69) is 10.6 Å². The van der Waals surface area contributed by atoms with Gasteiger partial charge in [-0.05, 0) is 31.5 Å². The van der Waals surface area contributed by atoms with Gasteiger partial charge >= 0.3 is 0 Å². The molecular formula is C14H22ClN3O3. The number of halogens is 1. The van der Waals surface area contributed by atoms with Crippen molar-refractivity contribution in [3.8, 4) is 5.75 Å². The summed E-state index contributed by atoms with van der Waals surface area (Å²) in [4.78, 5) is 22.4. The highest BCUT2D eigenvalue weighted by atomic mass is 35.5. The van der Waals surface area contributed by atoms with Gasteiger partial charge < -0.3 is 21.1 Å². The zero-order chi connectivity index (χ0) is 15.0. The number of amides is 2. The van der Waals surface area contributed by atoms with Gasteiger partial charge in [-0.15, -0.1) is 12.4 Å². The smallest absolute Gasteiger partial charge is 0.239 e. The van der Waals surface area contributed by atoms with Crippen LogP contribution in [0.4, 0.5) is 0 Å². The first-order chi connectivity index (χ1) is 9.51. The molecule has 0 saturated heterocycles. The third-order valence-corrected chi connectivity index (χ3v) is 2.53. The molecule has 118 valence electrons. The summed E-state index contributed by atoms with van der Waals surface area (Å²) in [6, 6.07) is 7.53. The molecular weight excluding hydrogens is 294 g/mol. The van der Waals surface area contributed by atoms with Crippen LogP contribution in [0.3, 0.4) is 0 Å². The molecule has 0 fully saturated rings. The van der Waals surface area contributed by atoms with Gasteiger partial charge in [0.2, 0.25) is 11.8 Å². The highest BCUT2D eigenvalue weighted by molar-refractivity contribution is 5.85. The van der Waals surface area contributed by atoms with E-state index >= 15 is 0 Å². The molecule has 1 aromatic carbocycles. The van der Waals surface area contributed by atoms with E-state index in [9.17, 15) is 9.59 Å². The number of benzene rings is 1. The second-order valence-electron chi connectivity index (χ2n) is 4.58. The van der Waals surface area contributed by atoms with Gasteiger partial charge in [-0.2, -0.15) is 0 Å². The number of nitrogens with one attached hydrogen (secondary N) is 2. The van der Waals surface area contributed by atoms with Crippen LogP contribution in [-0.4, -0.2) is 37.6 Å². The Morgan fingerprint density at radius 3 is 2.67 bits per heavy atom. The second kappa shape index (κ2) is 10.0. The Labute approximate surface area is 130 Å². The van der Waals surface area contributed by atoms with Gasteiger partial charge in [-0.1, -0.05) is 12.1 Å². The molecule has 6 nitrogen and oxygen atoms in total. The summed E-state index contributed by atoms with van der Waals surface area (Å²) in [6.07, 6.45) is 0. The van der Waals surface area contributed by atoms with Crippen molar-refractivity contribution in [3.05, 3.63) is 29.8 Å². The van der Waals surface area contributed by atoms with Gasteiger partial charge in [-0.3, -0.25) is 9.59 Å². The maximum absolute atomic E-state index is 11.5. The van der Waals surface area contributed by atoms with Crippen LogP contribution in [0.15, 0.2) is 24.3 Å². The Morgan fingerprint density at radius 1 is 1.33 bits per heavy atom. The molecule has 2 amide bonds. The van der Waals surface area contributed by atoms with E-state index in [1.165, 1.54) is 0 Å². The van der Waals surface area contributed by atoms with Crippen LogP contribution in [0.25, 0.3) is 0 Å². The fourth-order valence-corrected chi connectivity index (χ4v) is 1.54. The standard InChI is InChI=1S/C14H21N3O3.ClH/c1-10-4-3-5-12(6-10)20-9-11(2)17-14(19)8-16-13(18)7-15;/h3-6,11H,7-9,15H2,1-2H3,(H,16,18)(H,17,19);1H. The summed E-state index contributed by atoms with van der Waals surface area (Å²) in [5.41, 5.74) is 6.23. The lowest BCUT2D eigenvalue weighted by atomic mass is 10.2. The Kier molecular flexibility index (Phi) is 9.16. The number of carbonyl (C=O) groups excluding carboxylic acids is 2. The lowest BCUT2D eigenvalue weighted by molar-refractivity contribution is -0.125.